The van der Waals surface area contributed by atoms with E-state index in [1.165, 1.54) is 7.11 Å². The van der Waals surface area contributed by atoms with Gasteiger partial charge in [-0.15, -0.1) is 10.2 Å². The molecule has 0 bridgehead atoms. The van der Waals surface area contributed by atoms with Gasteiger partial charge in [0.25, 0.3) is 0 Å². The second kappa shape index (κ2) is 4.77. The maximum atomic E-state index is 14.4. The van der Waals surface area contributed by atoms with E-state index in [0.717, 1.165) is 10.8 Å². The summed E-state index contributed by atoms with van der Waals surface area (Å²) in [5, 5.41) is 9.45. The molecule has 5 heteroatoms. The normalized spacial score (nSPS) is 10.7. The first kappa shape index (κ1) is 12.3. The van der Waals surface area contributed by atoms with E-state index in [1.54, 1.807) is 18.2 Å². The van der Waals surface area contributed by atoms with Crippen LogP contribution in [0.1, 0.15) is 0 Å². The molecule has 1 heterocycles. The van der Waals surface area contributed by atoms with Gasteiger partial charge in [0.2, 0.25) is 0 Å². The molecule has 0 aliphatic rings. The fraction of sp³-hybridized carbons (Fsp3) is 0.0667. The van der Waals surface area contributed by atoms with Gasteiger partial charge in [0.05, 0.1) is 7.11 Å². The lowest BCUT2D eigenvalue weighted by molar-refractivity contribution is 0.387. The van der Waals surface area contributed by atoms with Crippen molar-refractivity contribution < 1.29 is 9.13 Å². The van der Waals surface area contributed by atoms with Gasteiger partial charge >= 0.3 is 0 Å². The second-order valence-corrected chi connectivity index (χ2v) is 4.30. The maximum Gasteiger partial charge on any atom is 0.174 e. The Balaban J connectivity index is 2.33. The molecular formula is C15H12FN3O. The van der Waals surface area contributed by atoms with Gasteiger partial charge in [-0.3, -0.25) is 0 Å². The molecule has 0 unspecified atom stereocenters. The molecule has 0 fully saturated rings. The fourth-order valence-electron chi connectivity index (χ4n) is 2.17. The molecule has 0 aliphatic heterocycles. The summed E-state index contributed by atoms with van der Waals surface area (Å²) in [6, 6.07) is 12.3. The van der Waals surface area contributed by atoms with Crippen LogP contribution in [-0.4, -0.2) is 17.3 Å². The van der Waals surface area contributed by atoms with Crippen LogP contribution < -0.4 is 10.5 Å². The molecule has 100 valence electrons. The van der Waals surface area contributed by atoms with Crippen LogP contribution in [0.2, 0.25) is 0 Å². The average molecular weight is 269 g/mol. The summed E-state index contributed by atoms with van der Waals surface area (Å²) in [6.45, 7) is 0. The Kier molecular flexibility index (Phi) is 2.95. The Morgan fingerprint density at radius 2 is 1.75 bits per heavy atom. The molecule has 4 nitrogen and oxygen atoms in total. The summed E-state index contributed by atoms with van der Waals surface area (Å²) < 4.78 is 19.4. The highest BCUT2D eigenvalue weighted by atomic mass is 19.1. The summed E-state index contributed by atoms with van der Waals surface area (Å²) in [5.74, 6) is 0.0390. The molecule has 0 radical (unpaired) electrons. The average Bonchev–Trinajstić information content (AvgIpc) is 2.49. The van der Waals surface area contributed by atoms with E-state index in [9.17, 15) is 4.39 Å². The van der Waals surface area contributed by atoms with Crippen LogP contribution in [0, 0.1) is 5.82 Å². The standard InChI is InChI=1S/C15H12FN3O/c1-20-12-8-4-7-11(13(12)16)14-9-5-2-3-6-10(9)15(17)19-18-14/h2-8H,1H3,(H2,17,19). The smallest absolute Gasteiger partial charge is 0.174 e. The fourth-order valence-corrected chi connectivity index (χ4v) is 2.17. The highest BCUT2D eigenvalue weighted by molar-refractivity contribution is 5.99. The van der Waals surface area contributed by atoms with E-state index in [2.05, 4.69) is 10.2 Å². The third-order valence-electron chi connectivity index (χ3n) is 3.15. The molecule has 2 N–H and O–H groups in total. The molecule has 0 saturated heterocycles. The summed E-state index contributed by atoms with van der Waals surface area (Å²) >= 11 is 0. The molecule has 1 aromatic heterocycles. The Labute approximate surface area is 115 Å². The number of anilines is 1. The van der Waals surface area contributed by atoms with Crippen molar-refractivity contribution in [3.63, 3.8) is 0 Å². The van der Waals surface area contributed by atoms with E-state index in [-0.39, 0.29) is 5.75 Å². The number of hydrogen-bond donors (Lipinski definition) is 1. The van der Waals surface area contributed by atoms with Gasteiger partial charge in [0, 0.05) is 16.3 Å². The van der Waals surface area contributed by atoms with Gasteiger partial charge in [0.1, 0.15) is 5.69 Å². The number of rotatable bonds is 2. The van der Waals surface area contributed by atoms with Crippen molar-refractivity contribution >= 4 is 16.6 Å². The number of benzene rings is 2. The molecule has 0 spiro atoms. The van der Waals surface area contributed by atoms with Crippen LogP contribution in [0.15, 0.2) is 42.5 Å². The maximum absolute atomic E-state index is 14.4. The number of fused-ring (bicyclic) bond motifs is 1. The lowest BCUT2D eigenvalue weighted by Gasteiger charge is -2.09. The zero-order chi connectivity index (χ0) is 14.1. The first-order chi connectivity index (χ1) is 9.72. The van der Waals surface area contributed by atoms with Crippen LogP contribution in [0.4, 0.5) is 10.2 Å². The van der Waals surface area contributed by atoms with Crippen molar-refractivity contribution in [3.05, 3.63) is 48.3 Å². The lowest BCUT2D eigenvalue weighted by atomic mass is 10.0. The van der Waals surface area contributed by atoms with Gasteiger partial charge in [-0.2, -0.15) is 0 Å². The minimum atomic E-state index is -0.459. The highest BCUT2D eigenvalue weighted by Gasteiger charge is 2.15. The Hall–Kier alpha value is -2.69. The molecule has 0 amide bonds. The van der Waals surface area contributed by atoms with Gasteiger partial charge in [0.15, 0.2) is 17.4 Å². The lowest BCUT2D eigenvalue weighted by Crippen LogP contribution is -1.99. The number of nitrogens with two attached hydrogens (primary N) is 1. The van der Waals surface area contributed by atoms with Crippen molar-refractivity contribution in [2.24, 2.45) is 0 Å². The number of nitrogens with zero attached hydrogens (tertiary/aromatic N) is 2. The predicted octanol–water partition coefficient (Wildman–Crippen LogP) is 3.03. The topological polar surface area (TPSA) is 61.0 Å². The van der Waals surface area contributed by atoms with Gasteiger partial charge in [-0.25, -0.2) is 4.39 Å². The zero-order valence-corrected chi connectivity index (χ0v) is 10.8. The van der Waals surface area contributed by atoms with Gasteiger partial charge < -0.3 is 10.5 Å². The predicted molar refractivity (Wildman–Crippen MR) is 75.9 cm³/mol. The summed E-state index contributed by atoms with van der Waals surface area (Å²) in [6.07, 6.45) is 0. The third-order valence-corrected chi connectivity index (χ3v) is 3.15. The first-order valence-electron chi connectivity index (χ1n) is 6.06. The number of ether oxygens (including phenoxy) is 1. The van der Waals surface area contributed by atoms with E-state index >= 15 is 0 Å². The number of nitrogen functional groups attached to an aromatic ring is 1. The molecule has 0 saturated carbocycles. The van der Waals surface area contributed by atoms with Crippen molar-refractivity contribution in [3.8, 4) is 17.0 Å². The monoisotopic (exact) mass is 269 g/mol. The molecule has 0 aliphatic carbocycles. The number of hydrogen-bond acceptors (Lipinski definition) is 4. The van der Waals surface area contributed by atoms with Crippen LogP contribution in [0.25, 0.3) is 22.0 Å². The van der Waals surface area contributed by atoms with Crippen LogP contribution >= 0.6 is 0 Å². The van der Waals surface area contributed by atoms with Gasteiger partial charge in [-0.1, -0.05) is 30.3 Å². The van der Waals surface area contributed by atoms with Crippen molar-refractivity contribution in [2.75, 3.05) is 12.8 Å². The molecular weight excluding hydrogens is 257 g/mol. The minimum absolute atomic E-state index is 0.171. The number of halogens is 1. The minimum Gasteiger partial charge on any atom is -0.494 e. The van der Waals surface area contributed by atoms with E-state index in [4.69, 9.17) is 10.5 Å². The first-order valence-corrected chi connectivity index (χ1v) is 6.06. The quantitative estimate of drug-likeness (QED) is 0.776. The Bertz CT molecular complexity index is 789. The van der Waals surface area contributed by atoms with Crippen molar-refractivity contribution in [2.45, 2.75) is 0 Å². The number of methoxy groups -OCH3 is 1. The van der Waals surface area contributed by atoms with Crippen LogP contribution in [-0.2, 0) is 0 Å². The molecule has 2 aromatic carbocycles. The van der Waals surface area contributed by atoms with Crippen molar-refractivity contribution in [1.29, 1.82) is 0 Å². The summed E-state index contributed by atoms with van der Waals surface area (Å²) in [7, 11) is 1.43. The van der Waals surface area contributed by atoms with Crippen molar-refractivity contribution in [1.82, 2.24) is 10.2 Å². The third kappa shape index (κ3) is 1.84. The molecule has 3 rings (SSSR count). The Morgan fingerprint density at radius 1 is 1.00 bits per heavy atom. The summed E-state index contributed by atoms with van der Waals surface area (Å²) in [5.41, 5.74) is 6.60. The van der Waals surface area contributed by atoms with Crippen LogP contribution in [0.3, 0.4) is 0 Å². The van der Waals surface area contributed by atoms with E-state index in [0.29, 0.717) is 17.1 Å². The van der Waals surface area contributed by atoms with Gasteiger partial charge in [-0.05, 0) is 12.1 Å². The zero-order valence-electron chi connectivity index (χ0n) is 10.8. The highest BCUT2D eigenvalue weighted by Crippen LogP contribution is 2.33. The van der Waals surface area contributed by atoms with Crippen LogP contribution in [0.5, 0.6) is 5.75 Å². The molecule has 20 heavy (non-hydrogen) atoms. The largest absolute Gasteiger partial charge is 0.494 e. The Morgan fingerprint density at radius 3 is 2.50 bits per heavy atom. The molecule has 3 aromatic rings. The second-order valence-electron chi connectivity index (χ2n) is 4.30. The van der Waals surface area contributed by atoms with E-state index in [1.807, 2.05) is 24.3 Å². The number of aromatic nitrogens is 2. The van der Waals surface area contributed by atoms with E-state index < -0.39 is 5.82 Å². The SMILES string of the molecule is COc1cccc(-c2nnc(N)c3ccccc23)c1F. The summed E-state index contributed by atoms with van der Waals surface area (Å²) in [4.78, 5) is 0. The molecule has 0 atom stereocenters.